The van der Waals surface area contributed by atoms with Crippen molar-refractivity contribution in [3.63, 3.8) is 0 Å². The number of unbranched alkanes of at least 4 members (excludes halogenated alkanes) is 51. The molecule has 12 N–H and O–H groups in total. The largest absolute Gasteiger partial charge is 0.394 e. The lowest BCUT2D eigenvalue weighted by molar-refractivity contribution is -0.379. The summed E-state index contributed by atoms with van der Waals surface area (Å²) in [4.78, 5) is 13.5. The zero-order chi connectivity index (χ0) is 84.5. The smallest absolute Gasteiger partial charge is 0.220 e. The Hall–Kier alpha value is -3.03. The molecule has 3 aliphatic rings. The van der Waals surface area contributed by atoms with Gasteiger partial charge in [-0.15, -0.1) is 0 Å². The van der Waals surface area contributed by atoms with Crippen LogP contribution in [0, 0.1) is 0 Å². The van der Waals surface area contributed by atoms with Crippen LogP contribution in [-0.2, 0) is 33.2 Å². The second kappa shape index (κ2) is 76.6. The van der Waals surface area contributed by atoms with E-state index in [1.165, 1.54) is 295 Å². The molecule has 0 bridgehead atoms. The van der Waals surface area contributed by atoms with Gasteiger partial charge in [0.2, 0.25) is 5.91 Å². The first-order valence-electron chi connectivity index (χ1n) is 48.3. The van der Waals surface area contributed by atoms with Crippen LogP contribution in [0.2, 0.25) is 0 Å². The number of amides is 1. The monoisotopic (exact) mass is 1660 g/mol. The van der Waals surface area contributed by atoms with Gasteiger partial charge in [0, 0.05) is 6.42 Å². The second-order valence-corrected chi connectivity index (χ2v) is 34.1. The van der Waals surface area contributed by atoms with Crippen molar-refractivity contribution in [2.24, 2.45) is 0 Å². The molecular weight excluding hydrogens is 1480 g/mol. The molecule has 0 aromatic carbocycles. The van der Waals surface area contributed by atoms with Crippen molar-refractivity contribution in [1.29, 1.82) is 0 Å². The highest BCUT2D eigenvalue weighted by molar-refractivity contribution is 5.76. The zero-order valence-electron chi connectivity index (χ0n) is 73.9. The van der Waals surface area contributed by atoms with Gasteiger partial charge in [-0.25, -0.2) is 0 Å². The number of aliphatic hydroxyl groups excluding tert-OH is 11. The first-order valence-corrected chi connectivity index (χ1v) is 48.3. The number of hydrogen-bond acceptors (Lipinski definition) is 18. The summed E-state index contributed by atoms with van der Waals surface area (Å²) in [7, 11) is 0. The Morgan fingerprint density at radius 1 is 0.316 bits per heavy atom. The maximum absolute atomic E-state index is 13.5. The number of ether oxygens (including phenoxy) is 6. The molecule has 0 aromatic rings. The lowest BCUT2D eigenvalue weighted by Crippen LogP contribution is -2.66. The van der Waals surface area contributed by atoms with Crippen LogP contribution in [0.1, 0.15) is 399 Å². The molecule has 19 heteroatoms. The maximum Gasteiger partial charge on any atom is 0.220 e. The van der Waals surface area contributed by atoms with Gasteiger partial charge in [0.05, 0.1) is 38.6 Å². The Bertz CT molecular complexity index is 2440. The lowest BCUT2D eigenvalue weighted by atomic mass is 9.96. The number of rotatable bonds is 79. The zero-order valence-corrected chi connectivity index (χ0v) is 73.9. The van der Waals surface area contributed by atoms with Crippen molar-refractivity contribution in [3.05, 3.63) is 85.1 Å². The molecular formula is C98H177NO18. The number of nitrogens with one attached hydrogen (secondary N) is 1. The Kier molecular flexibility index (Phi) is 70.8. The quantitative estimate of drug-likeness (QED) is 0.0199. The minimum atomic E-state index is -1.98. The standard InChI is InChI=1S/C98H177NO18/c1-3-5-7-9-11-13-15-17-19-21-23-25-27-29-31-33-35-37-38-39-40-41-42-44-46-48-50-52-54-56-58-60-62-64-66-68-70-72-74-76-86(104)99-81(82(103)75-73-71-69-67-65-63-61-59-57-55-53-51-49-47-45-43-36-34-32-30-28-26-24-22-20-18-16-14-12-10-8-6-4-2)80-112-96-92(110)89(107)94(84(78-101)114-96)117-98-93(111)90(108)95(85(79-102)115-98)116-97-91(109)88(106)87(105)83(77-100)113-97/h5,7,11,13,17,19,23,25,29,31,65,67,73,75,81-85,87-98,100-103,105-111H,3-4,6,8-10,12,14-16,18,20-22,24,26-28,30,32-64,66,68-72,74,76-80H2,1-2H3,(H,99,104)/b7-5-,13-11-,19-17-,25-23-,31-29-,67-65+,75-73+. The summed E-state index contributed by atoms with van der Waals surface area (Å²) in [6, 6.07) is -0.994. The Balaban J connectivity index is 1.30. The third kappa shape index (κ3) is 54.4. The summed E-state index contributed by atoms with van der Waals surface area (Å²) in [6.07, 6.45) is 79.0. The van der Waals surface area contributed by atoms with Gasteiger partial charge in [0.25, 0.3) is 0 Å². The van der Waals surface area contributed by atoms with Crippen molar-refractivity contribution >= 4 is 5.91 Å². The van der Waals surface area contributed by atoms with Gasteiger partial charge in [-0.05, 0) is 77.0 Å². The average Bonchev–Trinajstić information content (AvgIpc) is 0.777. The molecule has 19 nitrogen and oxygen atoms in total. The Morgan fingerprint density at radius 3 is 0.957 bits per heavy atom. The summed E-state index contributed by atoms with van der Waals surface area (Å²) in [5, 5.41) is 121. The molecule has 0 saturated carbocycles. The predicted molar refractivity (Wildman–Crippen MR) is 475 cm³/mol. The maximum atomic E-state index is 13.5. The molecule has 17 atom stereocenters. The van der Waals surface area contributed by atoms with E-state index < -0.39 is 124 Å². The fraction of sp³-hybridized carbons (Fsp3) is 0.847. The van der Waals surface area contributed by atoms with Crippen molar-refractivity contribution in [2.45, 2.75) is 503 Å². The Labute approximate surface area is 711 Å². The van der Waals surface area contributed by atoms with Crippen molar-refractivity contribution < 1.29 is 89.4 Å². The predicted octanol–water partition coefficient (Wildman–Crippen LogP) is 19.6. The van der Waals surface area contributed by atoms with Crippen LogP contribution < -0.4 is 5.32 Å². The van der Waals surface area contributed by atoms with Gasteiger partial charge in [0.15, 0.2) is 18.9 Å². The molecule has 17 unspecified atom stereocenters. The van der Waals surface area contributed by atoms with Crippen LogP contribution >= 0.6 is 0 Å². The number of carbonyl (C=O) groups excluding carboxylic acids is 1. The molecule has 0 radical (unpaired) electrons. The second-order valence-electron chi connectivity index (χ2n) is 34.1. The van der Waals surface area contributed by atoms with Crippen LogP contribution in [0.25, 0.3) is 0 Å². The summed E-state index contributed by atoms with van der Waals surface area (Å²) in [6.45, 7) is 1.66. The molecule has 0 aliphatic carbocycles. The van der Waals surface area contributed by atoms with Crippen molar-refractivity contribution in [3.8, 4) is 0 Å². The van der Waals surface area contributed by atoms with E-state index in [0.29, 0.717) is 12.8 Å². The van der Waals surface area contributed by atoms with E-state index in [1.54, 1.807) is 6.08 Å². The van der Waals surface area contributed by atoms with Gasteiger partial charge in [-0.2, -0.15) is 0 Å². The molecule has 1 amide bonds. The van der Waals surface area contributed by atoms with Gasteiger partial charge in [0.1, 0.15) is 73.2 Å². The average molecular weight is 1660 g/mol. The van der Waals surface area contributed by atoms with Crippen LogP contribution in [0.3, 0.4) is 0 Å². The molecule has 682 valence electrons. The third-order valence-electron chi connectivity index (χ3n) is 23.7. The highest BCUT2D eigenvalue weighted by Gasteiger charge is 2.54. The lowest BCUT2D eigenvalue weighted by Gasteiger charge is -2.48. The van der Waals surface area contributed by atoms with E-state index in [1.807, 2.05) is 6.08 Å². The minimum Gasteiger partial charge on any atom is -0.394 e. The van der Waals surface area contributed by atoms with Gasteiger partial charge >= 0.3 is 0 Å². The number of hydrogen-bond donors (Lipinski definition) is 12. The first-order chi connectivity index (χ1) is 57.3. The highest BCUT2D eigenvalue weighted by Crippen LogP contribution is 2.34. The minimum absolute atomic E-state index is 0.237. The van der Waals surface area contributed by atoms with E-state index in [0.717, 1.165) is 70.6 Å². The number of aliphatic hydroxyl groups is 11. The summed E-state index contributed by atoms with van der Waals surface area (Å²) in [5.41, 5.74) is 0. The van der Waals surface area contributed by atoms with E-state index in [9.17, 15) is 61.0 Å². The third-order valence-corrected chi connectivity index (χ3v) is 23.7. The fourth-order valence-electron chi connectivity index (χ4n) is 16.1. The molecule has 3 heterocycles. The number of allylic oxidation sites excluding steroid dienone is 13. The van der Waals surface area contributed by atoms with E-state index >= 15 is 0 Å². The van der Waals surface area contributed by atoms with Gasteiger partial charge in [-0.3, -0.25) is 4.79 Å². The molecule has 3 fully saturated rings. The fourth-order valence-corrected chi connectivity index (χ4v) is 16.1. The molecule has 117 heavy (non-hydrogen) atoms. The van der Waals surface area contributed by atoms with E-state index in [2.05, 4.69) is 92.1 Å². The summed E-state index contributed by atoms with van der Waals surface area (Å²) < 4.78 is 34.5. The molecule has 3 aliphatic heterocycles. The van der Waals surface area contributed by atoms with Crippen LogP contribution in [-0.4, -0.2) is 193 Å². The first kappa shape index (κ1) is 108. The summed E-state index contributed by atoms with van der Waals surface area (Å²) >= 11 is 0. The highest BCUT2D eigenvalue weighted by atomic mass is 16.8. The number of carbonyl (C=O) groups is 1. The normalized spacial score (nSPS) is 24.7. The Morgan fingerprint density at radius 2 is 0.598 bits per heavy atom. The van der Waals surface area contributed by atoms with E-state index in [-0.39, 0.29) is 18.9 Å². The molecule has 0 aromatic heterocycles. The van der Waals surface area contributed by atoms with Gasteiger partial charge in [-0.1, -0.05) is 401 Å². The molecule has 0 spiro atoms. The summed E-state index contributed by atoms with van der Waals surface area (Å²) in [5.74, 6) is -0.279. The topological polar surface area (TPSA) is 307 Å². The van der Waals surface area contributed by atoms with Crippen LogP contribution in [0.5, 0.6) is 0 Å². The van der Waals surface area contributed by atoms with Crippen LogP contribution in [0.15, 0.2) is 85.1 Å². The SMILES string of the molecule is CC/C=C\C/C=C\C/C=C\C/C=C\C/C=C\CCCCCCCCCCCCCCCCCCCCCCCCCC(=O)NC(COC1OC(CO)C(OC2OC(CO)C(OC3OC(CO)C(O)C(O)C3O)C(O)C2O)C(O)C1O)C(O)/C=C/CC/C=C/CCCCCCCCCCCCCCCCCCCCCCCCCCCCC. The molecule has 3 rings (SSSR count). The van der Waals surface area contributed by atoms with Crippen molar-refractivity contribution in [1.82, 2.24) is 5.32 Å². The van der Waals surface area contributed by atoms with Crippen LogP contribution in [0.4, 0.5) is 0 Å². The molecule has 3 saturated heterocycles. The van der Waals surface area contributed by atoms with Gasteiger partial charge < -0.3 is 89.9 Å². The van der Waals surface area contributed by atoms with E-state index in [4.69, 9.17) is 28.4 Å². The van der Waals surface area contributed by atoms with Crippen molar-refractivity contribution in [2.75, 3.05) is 26.4 Å².